The predicted molar refractivity (Wildman–Crippen MR) is 80.5 cm³/mol. The molecule has 2 rings (SSSR count). The molecule has 9 heteroatoms. The second kappa shape index (κ2) is 7.05. The first-order chi connectivity index (χ1) is 10.8. The molecule has 3 N–H and O–H groups in total. The molecule has 0 saturated carbocycles. The van der Waals surface area contributed by atoms with Crippen LogP contribution in [0.4, 0.5) is 4.39 Å². The van der Waals surface area contributed by atoms with Crippen LogP contribution in [0.5, 0.6) is 0 Å². The maximum absolute atomic E-state index is 13.4. The summed E-state index contributed by atoms with van der Waals surface area (Å²) >= 11 is 0. The zero-order valence-electron chi connectivity index (χ0n) is 12.4. The molecule has 1 aliphatic heterocycles. The summed E-state index contributed by atoms with van der Waals surface area (Å²) in [6.45, 7) is 1.62. The van der Waals surface area contributed by atoms with Crippen molar-refractivity contribution in [3.05, 3.63) is 29.6 Å². The smallest absolute Gasteiger partial charge is 0.251 e. The van der Waals surface area contributed by atoms with Crippen molar-refractivity contribution in [2.75, 3.05) is 19.6 Å². The minimum Gasteiger partial charge on any atom is -0.352 e. The summed E-state index contributed by atoms with van der Waals surface area (Å²) in [7, 11) is -4.23. The normalized spacial score (nSPS) is 15.0. The Morgan fingerprint density at radius 2 is 2.13 bits per heavy atom. The van der Waals surface area contributed by atoms with Gasteiger partial charge < -0.3 is 10.2 Å². The van der Waals surface area contributed by atoms with Crippen molar-refractivity contribution in [3.8, 4) is 0 Å². The van der Waals surface area contributed by atoms with E-state index in [2.05, 4.69) is 5.32 Å². The number of likely N-dealkylation sites (tertiary alicyclic amines) is 1. The molecular weight excluding hydrogens is 325 g/mol. The van der Waals surface area contributed by atoms with E-state index in [-0.39, 0.29) is 11.5 Å². The van der Waals surface area contributed by atoms with Gasteiger partial charge in [-0.2, -0.15) is 0 Å². The molecule has 0 aromatic heterocycles. The molecule has 1 aliphatic rings. The quantitative estimate of drug-likeness (QED) is 0.720. The van der Waals surface area contributed by atoms with Gasteiger partial charge in [-0.25, -0.2) is 17.9 Å². The summed E-state index contributed by atoms with van der Waals surface area (Å²) in [5, 5.41) is 7.50. The summed E-state index contributed by atoms with van der Waals surface area (Å²) in [5.74, 6) is -1.41. The van der Waals surface area contributed by atoms with Crippen molar-refractivity contribution >= 4 is 21.8 Å². The summed E-state index contributed by atoms with van der Waals surface area (Å²) in [5.41, 5.74) is 0.00711. The number of nitrogens with one attached hydrogen (secondary N) is 1. The van der Waals surface area contributed by atoms with E-state index in [0.29, 0.717) is 25.9 Å². The number of hydrogen-bond donors (Lipinski definition) is 2. The lowest BCUT2D eigenvalue weighted by Crippen LogP contribution is -2.30. The maximum atomic E-state index is 13.4. The van der Waals surface area contributed by atoms with Crippen molar-refractivity contribution in [2.24, 2.45) is 5.14 Å². The topological polar surface area (TPSA) is 110 Å². The predicted octanol–water partition coefficient (Wildman–Crippen LogP) is 0.215. The number of rotatable bonds is 6. The second-order valence-corrected chi connectivity index (χ2v) is 6.81. The van der Waals surface area contributed by atoms with Crippen LogP contribution in [0.15, 0.2) is 23.1 Å². The van der Waals surface area contributed by atoms with E-state index in [9.17, 15) is 22.4 Å². The fraction of sp³-hybridized carbons (Fsp3) is 0.429. The van der Waals surface area contributed by atoms with Gasteiger partial charge in [0.05, 0.1) is 0 Å². The third kappa shape index (κ3) is 4.49. The number of amides is 2. The van der Waals surface area contributed by atoms with Gasteiger partial charge in [-0.15, -0.1) is 0 Å². The second-order valence-electron chi connectivity index (χ2n) is 5.28. The molecule has 7 nitrogen and oxygen atoms in total. The summed E-state index contributed by atoms with van der Waals surface area (Å²) < 4.78 is 35.9. The van der Waals surface area contributed by atoms with E-state index in [1.165, 1.54) is 6.07 Å². The van der Waals surface area contributed by atoms with Gasteiger partial charge in [-0.05, 0) is 31.0 Å². The molecule has 0 aliphatic carbocycles. The number of hydrogen-bond acceptors (Lipinski definition) is 4. The number of nitrogens with zero attached hydrogens (tertiary/aromatic N) is 1. The van der Waals surface area contributed by atoms with Crippen LogP contribution < -0.4 is 10.5 Å². The molecule has 1 heterocycles. The van der Waals surface area contributed by atoms with Gasteiger partial charge in [-0.1, -0.05) is 0 Å². The number of primary sulfonamides is 1. The summed E-state index contributed by atoms with van der Waals surface area (Å²) in [6, 6.07) is 2.98. The van der Waals surface area contributed by atoms with Crippen LogP contribution in [0, 0.1) is 5.82 Å². The summed E-state index contributed by atoms with van der Waals surface area (Å²) in [6.07, 6.45) is 2.01. The lowest BCUT2D eigenvalue weighted by Gasteiger charge is -2.15. The molecule has 1 fully saturated rings. The van der Waals surface area contributed by atoms with Crippen LogP contribution in [0.3, 0.4) is 0 Å². The standard InChI is InChI=1S/C14H18FN3O4S/c15-11-5-4-10(9-12(11)23(16,21)22)14(20)17-6-2-8-18-7-1-3-13(18)19/h4-5,9H,1-3,6-8H2,(H,17,20)(H2,16,21,22). The van der Waals surface area contributed by atoms with Gasteiger partial charge in [0, 0.05) is 31.6 Å². The van der Waals surface area contributed by atoms with Crippen molar-refractivity contribution in [1.82, 2.24) is 10.2 Å². The van der Waals surface area contributed by atoms with E-state index in [0.717, 1.165) is 25.1 Å². The van der Waals surface area contributed by atoms with E-state index in [1.807, 2.05) is 0 Å². The van der Waals surface area contributed by atoms with E-state index in [1.54, 1.807) is 4.90 Å². The monoisotopic (exact) mass is 343 g/mol. The molecule has 0 atom stereocenters. The Labute approximate surface area is 133 Å². The highest BCUT2D eigenvalue weighted by Crippen LogP contribution is 2.15. The number of carbonyl (C=O) groups is 2. The molecule has 0 unspecified atom stereocenters. The highest BCUT2D eigenvalue weighted by Gasteiger charge is 2.20. The van der Waals surface area contributed by atoms with Crippen LogP contribution in [0.2, 0.25) is 0 Å². The zero-order chi connectivity index (χ0) is 17.0. The first-order valence-electron chi connectivity index (χ1n) is 7.17. The molecule has 0 radical (unpaired) electrons. The molecule has 126 valence electrons. The number of nitrogens with two attached hydrogens (primary N) is 1. The third-order valence-corrected chi connectivity index (χ3v) is 4.49. The van der Waals surface area contributed by atoms with Gasteiger partial charge in [-0.3, -0.25) is 9.59 Å². The van der Waals surface area contributed by atoms with Gasteiger partial charge in [0.2, 0.25) is 15.9 Å². The largest absolute Gasteiger partial charge is 0.352 e. The van der Waals surface area contributed by atoms with E-state index >= 15 is 0 Å². The number of carbonyl (C=O) groups excluding carboxylic acids is 2. The van der Waals surface area contributed by atoms with Gasteiger partial charge in [0.1, 0.15) is 10.7 Å². The minimum absolute atomic E-state index is 0.00711. The minimum atomic E-state index is -4.23. The lowest BCUT2D eigenvalue weighted by molar-refractivity contribution is -0.127. The first-order valence-corrected chi connectivity index (χ1v) is 8.72. The Balaban J connectivity index is 1.90. The van der Waals surface area contributed by atoms with E-state index in [4.69, 9.17) is 5.14 Å². The Hall–Kier alpha value is -2.00. The van der Waals surface area contributed by atoms with Crippen LogP contribution in [-0.2, 0) is 14.8 Å². The fourth-order valence-corrected chi connectivity index (χ4v) is 3.01. The van der Waals surface area contributed by atoms with Crippen LogP contribution >= 0.6 is 0 Å². The molecule has 1 saturated heterocycles. The van der Waals surface area contributed by atoms with Crippen LogP contribution in [0.25, 0.3) is 0 Å². The number of halogens is 1. The van der Waals surface area contributed by atoms with Gasteiger partial charge in [0.15, 0.2) is 0 Å². The van der Waals surface area contributed by atoms with Crippen molar-refractivity contribution in [1.29, 1.82) is 0 Å². The average Bonchev–Trinajstić information content (AvgIpc) is 2.88. The van der Waals surface area contributed by atoms with Crippen molar-refractivity contribution in [2.45, 2.75) is 24.2 Å². The highest BCUT2D eigenvalue weighted by molar-refractivity contribution is 7.89. The van der Waals surface area contributed by atoms with Crippen LogP contribution in [-0.4, -0.2) is 44.8 Å². The first kappa shape index (κ1) is 17.4. The van der Waals surface area contributed by atoms with Crippen molar-refractivity contribution in [3.63, 3.8) is 0 Å². The molecule has 1 aromatic carbocycles. The highest BCUT2D eigenvalue weighted by atomic mass is 32.2. The Morgan fingerprint density at radius 1 is 1.39 bits per heavy atom. The fourth-order valence-electron chi connectivity index (χ4n) is 2.38. The van der Waals surface area contributed by atoms with E-state index < -0.39 is 26.6 Å². The Morgan fingerprint density at radius 3 is 2.74 bits per heavy atom. The SMILES string of the molecule is NS(=O)(=O)c1cc(C(=O)NCCCN2CCCC2=O)ccc1F. The third-order valence-electron chi connectivity index (χ3n) is 3.56. The van der Waals surface area contributed by atoms with Crippen LogP contribution in [0.1, 0.15) is 29.6 Å². The molecule has 23 heavy (non-hydrogen) atoms. The molecular formula is C14H18FN3O4S. The van der Waals surface area contributed by atoms with Gasteiger partial charge in [0.25, 0.3) is 5.91 Å². The molecule has 1 aromatic rings. The number of benzene rings is 1. The van der Waals surface area contributed by atoms with Crippen molar-refractivity contribution < 1.29 is 22.4 Å². The molecule has 0 spiro atoms. The number of sulfonamides is 1. The lowest BCUT2D eigenvalue weighted by atomic mass is 10.2. The average molecular weight is 343 g/mol. The molecule has 2 amide bonds. The summed E-state index contributed by atoms with van der Waals surface area (Å²) in [4.78, 5) is 24.4. The Bertz CT molecular complexity index is 721. The Kier molecular flexibility index (Phi) is 5.32. The molecule has 0 bridgehead atoms. The van der Waals surface area contributed by atoms with Gasteiger partial charge >= 0.3 is 0 Å². The zero-order valence-corrected chi connectivity index (χ0v) is 13.2. The maximum Gasteiger partial charge on any atom is 0.251 e.